The van der Waals surface area contributed by atoms with E-state index in [-0.39, 0.29) is 77.1 Å². The molecule has 0 bridgehead atoms. The van der Waals surface area contributed by atoms with Crippen LogP contribution in [-0.4, -0.2) is 112 Å². The van der Waals surface area contributed by atoms with Crippen LogP contribution in [0.1, 0.15) is 0 Å². The molecule has 2 atom stereocenters. The molecule has 0 saturated heterocycles. The molecule has 0 aromatic heterocycles. The third kappa shape index (κ3) is 15.5. The molecule has 0 saturated carbocycles. The van der Waals surface area contributed by atoms with Crippen molar-refractivity contribution in [1.29, 1.82) is 0 Å². The summed E-state index contributed by atoms with van der Waals surface area (Å²) in [5.74, 6) is 0. The van der Waals surface area contributed by atoms with Crippen molar-refractivity contribution in [3.05, 3.63) is 0 Å². The number of aliphatic hydroxyl groups excluding tert-OH is 1. The van der Waals surface area contributed by atoms with Crippen LogP contribution in [0.15, 0.2) is 0 Å². The first-order valence-electron chi connectivity index (χ1n) is 3.55. The van der Waals surface area contributed by atoms with Crippen molar-refractivity contribution in [1.82, 2.24) is 5.06 Å². The summed E-state index contributed by atoms with van der Waals surface area (Å²) in [4.78, 5) is 22.6. The Morgan fingerprint density at radius 3 is 2.38 bits per heavy atom. The summed E-state index contributed by atoms with van der Waals surface area (Å²) in [6.07, 6.45) is -1.11. The van der Waals surface area contributed by atoms with E-state index >= 15 is 0 Å². The molecule has 0 aromatic rings. The van der Waals surface area contributed by atoms with Crippen LogP contribution >= 0.6 is 7.60 Å². The second kappa shape index (κ2) is 11.6. The van der Waals surface area contributed by atoms with Crippen LogP contribution in [0, 0.1) is 0 Å². The van der Waals surface area contributed by atoms with Crippen LogP contribution in [0.2, 0.25) is 0 Å². The smallest absolute Gasteiger partial charge is 0.352 e. The number of rotatable bonds is 7. The van der Waals surface area contributed by atoms with Gasteiger partial charge in [0, 0.05) is 65.8 Å². The van der Waals surface area contributed by atoms with Crippen LogP contribution < -0.4 is 0 Å². The first-order chi connectivity index (χ1) is 6.35. The maximum atomic E-state index is 10.5. The number of carbonyl (C=O) groups is 1. The number of nitrogens with zero attached hydrogens (tertiary/aromatic N) is 1. The molecule has 0 spiro atoms. The van der Waals surface area contributed by atoms with Gasteiger partial charge in [-0.25, -0.2) is 9.95 Å². The summed E-state index contributed by atoms with van der Waals surface area (Å²) < 4.78 is 14.5. The van der Waals surface area contributed by atoms with E-state index in [9.17, 15) is 9.36 Å². The number of aliphatic hydroxyl groups is 1. The van der Waals surface area contributed by atoms with Gasteiger partial charge >= 0.3 is 7.60 Å². The fourth-order valence-corrected chi connectivity index (χ4v) is 0.775. The number of hydrogen-bond acceptors (Lipinski definition) is 6. The molecule has 0 heterocycles. The van der Waals surface area contributed by atoms with E-state index < -0.39 is 20.3 Å². The molecule has 11 heteroatoms. The van der Waals surface area contributed by atoms with Gasteiger partial charge in [0.05, 0.1) is 6.54 Å². The molecular formula is C5H12NNa2O7P. The Kier molecular flexibility index (Phi) is 16.4. The van der Waals surface area contributed by atoms with Gasteiger partial charge in [0.15, 0.2) is 0 Å². The van der Waals surface area contributed by atoms with Crippen molar-refractivity contribution in [2.24, 2.45) is 0 Å². The standard InChI is InChI=1S/C5H12NO7P.2Na/c1-14(10,11)13-12-3-5(8)2-6(9)4-7;;/h4-5,8-9H,2-3H2,1H3,(H,10,11);;. The van der Waals surface area contributed by atoms with E-state index in [1.807, 2.05) is 0 Å². The molecule has 1 amide bonds. The van der Waals surface area contributed by atoms with Crippen molar-refractivity contribution in [2.75, 3.05) is 19.8 Å². The Morgan fingerprint density at radius 1 is 1.50 bits per heavy atom. The quantitative estimate of drug-likeness (QED) is 0.125. The molecule has 0 aliphatic heterocycles. The van der Waals surface area contributed by atoms with Gasteiger partial charge in [-0.3, -0.25) is 14.6 Å². The zero-order valence-corrected chi connectivity index (χ0v) is 14.3. The van der Waals surface area contributed by atoms with Gasteiger partial charge in [-0.05, 0) is 0 Å². The van der Waals surface area contributed by atoms with Crippen molar-refractivity contribution in [2.45, 2.75) is 6.10 Å². The van der Waals surface area contributed by atoms with Gasteiger partial charge in [-0.15, -0.1) is 4.67 Å². The average Bonchev–Trinajstić information content (AvgIpc) is 2.01. The van der Waals surface area contributed by atoms with E-state index in [4.69, 9.17) is 15.2 Å². The third-order valence-corrected chi connectivity index (χ3v) is 1.35. The van der Waals surface area contributed by atoms with E-state index in [1.54, 1.807) is 0 Å². The average molecular weight is 275 g/mol. The maximum Gasteiger partial charge on any atom is 0.352 e. The maximum absolute atomic E-state index is 10.5. The van der Waals surface area contributed by atoms with Crippen LogP contribution in [0.25, 0.3) is 0 Å². The monoisotopic (exact) mass is 275 g/mol. The minimum Gasteiger partial charge on any atom is -0.389 e. The molecule has 2 radical (unpaired) electrons. The Bertz CT molecular complexity index is 225. The zero-order chi connectivity index (χ0) is 11.2. The first-order valence-corrected chi connectivity index (χ1v) is 5.58. The summed E-state index contributed by atoms with van der Waals surface area (Å²) in [5.41, 5.74) is 0. The Hall–Kier alpha value is 1.50. The molecule has 0 aromatic carbocycles. The number of carbonyl (C=O) groups excluding carboxylic acids is 1. The fourth-order valence-electron chi connectivity index (χ4n) is 0.518. The SMILES string of the molecule is CP(=O)(O)OOCC(O)CN(O)C=O.[Na].[Na]. The zero-order valence-electron chi connectivity index (χ0n) is 9.44. The second-order valence-electron chi connectivity index (χ2n) is 2.54. The van der Waals surface area contributed by atoms with Crippen molar-refractivity contribution in [3.63, 3.8) is 0 Å². The Balaban J connectivity index is -0.000000845. The first kappa shape index (κ1) is 22.7. The van der Waals surface area contributed by atoms with Crippen LogP contribution in [0.4, 0.5) is 0 Å². The van der Waals surface area contributed by atoms with Crippen LogP contribution in [0.5, 0.6) is 0 Å². The van der Waals surface area contributed by atoms with Gasteiger partial charge < -0.3 is 10.00 Å². The van der Waals surface area contributed by atoms with Gasteiger partial charge in [0.2, 0.25) is 6.41 Å². The van der Waals surface area contributed by atoms with Gasteiger partial charge in [0.1, 0.15) is 12.7 Å². The van der Waals surface area contributed by atoms with E-state index in [0.717, 1.165) is 6.66 Å². The normalized spacial score (nSPS) is 15.0. The molecule has 0 aliphatic carbocycles. The molecule has 0 aliphatic rings. The van der Waals surface area contributed by atoms with Crippen molar-refractivity contribution >= 4 is 73.1 Å². The van der Waals surface area contributed by atoms with E-state index in [0.29, 0.717) is 0 Å². The predicted molar refractivity (Wildman–Crippen MR) is 54.9 cm³/mol. The van der Waals surface area contributed by atoms with Gasteiger partial charge in [-0.2, -0.15) is 0 Å². The summed E-state index contributed by atoms with van der Waals surface area (Å²) in [6.45, 7) is 0.0821. The van der Waals surface area contributed by atoms with Crippen LogP contribution in [0.3, 0.4) is 0 Å². The molecule has 3 N–H and O–H groups in total. The summed E-state index contributed by atoms with van der Waals surface area (Å²) in [5, 5.41) is 17.8. The number of hydroxylamine groups is 2. The predicted octanol–water partition coefficient (Wildman–Crippen LogP) is -1.80. The minimum atomic E-state index is -3.74. The second-order valence-corrected chi connectivity index (χ2v) is 4.30. The Morgan fingerprint density at radius 2 is 2.00 bits per heavy atom. The molecule has 16 heavy (non-hydrogen) atoms. The van der Waals surface area contributed by atoms with Crippen molar-refractivity contribution < 1.29 is 34.1 Å². The molecular weight excluding hydrogens is 263 g/mol. The minimum absolute atomic E-state index is 0. The van der Waals surface area contributed by atoms with Crippen LogP contribution in [-0.2, 0) is 18.9 Å². The topological polar surface area (TPSA) is 117 Å². The van der Waals surface area contributed by atoms with E-state index in [2.05, 4.69) is 9.56 Å². The summed E-state index contributed by atoms with van der Waals surface area (Å²) in [6, 6.07) is 0. The summed E-state index contributed by atoms with van der Waals surface area (Å²) in [7, 11) is -3.74. The van der Waals surface area contributed by atoms with Gasteiger partial charge in [-0.1, -0.05) is 0 Å². The molecule has 0 fully saturated rings. The largest absolute Gasteiger partial charge is 0.389 e. The molecule has 8 nitrogen and oxygen atoms in total. The van der Waals surface area contributed by atoms with E-state index in [1.165, 1.54) is 0 Å². The fraction of sp³-hybridized carbons (Fsp3) is 0.800. The van der Waals surface area contributed by atoms with Crippen molar-refractivity contribution in [3.8, 4) is 0 Å². The molecule has 0 rings (SSSR count). The number of amides is 1. The molecule has 2 unspecified atom stereocenters. The van der Waals surface area contributed by atoms with Gasteiger partial charge in [0.25, 0.3) is 0 Å². The number of hydrogen-bond donors (Lipinski definition) is 3. The third-order valence-electron chi connectivity index (χ3n) is 0.971. The summed E-state index contributed by atoms with van der Waals surface area (Å²) >= 11 is 0. The molecule has 86 valence electrons. The Labute approximate surface area is 137 Å².